The molecule has 0 fully saturated rings. The summed E-state index contributed by atoms with van der Waals surface area (Å²) in [5, 5.41) is 0. The number of halogens is 2. The molecule has 1 aliphatic rings. The highest BCUT2D eigenvalue weighted by atomic mass is 19.1. The SMILES string of the molecule is CC.CC1=CC=C(C)C(F)=C=C1F.CCC.CCCN(CCC)CCC.CN=C(C)C. The first-order valence-corrected chi connectivity index (χ1v) is 11.9. The highest BCUT2D eigenvalue weighted by Gasteiger charge is 2.03. The van der Waals surface area contributed by atoms with Crippen LogP contribution in [0.25, 0.3) is 0 Å². The quantitative estimate of drug-likeness (QED) is 0.295. The molecule has 0 saturated heterocycles. The van der Waals surface area contributed by atoms with E-state index in [9.17, 15) is 8.78 Å². The van der Waals surface area contributed by atoms with Crippen molar-refractivity contribution in [2.45, 2.75) is 102 Å². The van der Waals surface area contributed by atoms with E-state index in [-0.39, 0.29) is 0 Å². The molecule has 0 atom stereocenters. The van der Waals surface area contributed by atoms with Gasteiger partial charge in [0.15, 0.2) is 11.7 Å². The van der Waals surface area contributed by atoms with Crippen LogP contribution in [-0.4, -0.2) is 37.3 Å². The van der Waals surface area contributed by atoms with Gasteiger partial charge in [-0.05, 0) is 83.5 Å². The Kier molecular flexibility index (Phi) is 33.9. The molecule has 0 bridgehead atoms. The van der Waals surface area contributed by atoms with Crippen LogP contribution in [0.1, 0.15) is 102 Å². The highest BCUT2D eigenvalue weighted by molar-refractivity contribution is 5.78. The zero-order chi connectivity index (χ0) is 25.2. The minimum absolute atomic E-state index is 0.400. The maximum Gasteiger partial charge on any atom is 0.171 e. The van der Waals surface area contributed by atoms with Gasteiger partial charge in [0.25, 0.3) is 0 Å². The van der Waals surface area contributed by atoms with Gasteiger partial charge in [-0.2, -0.15) is 8.78 Å². The van der Waals surface area contributed by atoms with Gasteiger partial charge in [0.2, 0.25) is 0 Å². The van der Waals surface area contributed by atoms with E-state index < -0.39 is 11.7 Å². The van der Waals surface area contributed by atoms with Crippen molar-refractivity contribution in [2.75, 3.05) is 26.7 Å². The maximum atomic E-state index is 12.7. The summed E-state index contributed by atoms with van der Waals surface area (Å²) in [6.07, 6.45) is 8.19. The second kappa shape index (κ2) is 28.5. The summed E-state index contributed by atoms with van der Waals surface area (Å²) in [7, 11) is 1.79. The Morgan fingerprint density at radius 2 is 1.06 bits per heavy atom. The molecule has 4 heteroatoms. The average molecular weight is 443 g/mol. The Labute approximate surface area is 193 Å². The molecular formula is C27H52F2N2. The van der Waals surface area contributed by atoms with E-state index in [1.54, 1.807) is 20.9 Å². The highest BCUT2D eigenvalue weighted by Crippen LogP contribution is 2.19. The van der Waals surface area contributed by atoms with E-state index in [1.807, 2.05) is 33.4 Å². The second-order valence-electron chi connectivity index (χ2n) is 7.17. The first-order valence-electron chi connectivity index (χ1n) is 11.9. The lowest BCUT2D eigenvalue weighted by atomic mass is 10.2. The molecule has 0 aromatic heterocycles. The number of rotatable bonds is 6. The number of hydrogen-bond donors (Lipinski definition) is 0. The third kappa shape index (κ3) is 28.5. The largest absolute Gasteiger partial charge is 0.303 e. The maximum absolute atomic E-state index is 12.7. The van der Waals surface area contributed by atoms with Gasteiger partial charge in [0.1, 0.15) is 0 Å². The van der Waals surface area contributed by atoms with Gasteiger partial charge in [0.05, 0.1) is 0 Å². The predicted molar refractivity (Wildman–Crippen MR) is 140 cm³/mol. The van der Waals surface area contributed by atoms with Crippen molar-refractivity contribution >= 4 is 5.71 Å². The molecule has 0 heterocycles. The molecule has 0 saturated carbocycles. The fraction of sp³-hybridized carbons (Fsp3) is 0.704. The lowest BCUT2D eigenvalue weighted by molar-refractivity contribution is 0.275. The molecule has 0 aromatic carbocycles. The molecule has 31 heavy (non-hydrogen) atoms. The summed E-state index contributed by atoms with van der Waals surface area (Å²) >= 11 is 0. The standard InChI is InChI=1S/C9H8F2.C9H21N.C4H9N.C3H8.C2H6/c1-6-3-4-7(2)9(11)5-8(6)10;1-4-7-10(8-5-2)9-6-3;1-4(2)5-3;1-3-2;1-2/h3-4H,1-2H3;4-9H2,1-3H3;1-3H3;3H2,1-2H3;1-2H3. The van der Waals surface area contributed by atoms with Crippen LogP contribution in [0.2, 0.25) is 0 Å². The third-order valence-electron chi connectivity index (χ3n) is 3.56. The van der Waals surface area contributed by atoms with Gasteiger partial charge >= 0.3 is 0 Å². The topological polar surface area (TPSA) is 15.6 Å². The minimum atomic E-state index is -0.629. The number of allylic oxidation sites excluding steroid dienone is 5. The molecule has 0 aromatic rings. The van der Waals surface area contributed by atoms with E-state index in [1.165, 1.54) is 57.5 Å². The fourth-order valence-corrected chi connectivity index (χ4v) is 1.97. The van der Waals surface area contributed by atoms with E-state index in [0.717, 1.165) is 5.71 Å². The molecule has 0 aliphatic heterocycles. The zero-order valence-electron chi connectivity index (χ0n) is 22.8. The second-order valence-corrected chi connectivity index (χ2v) is 7.17. The van der Waals surface area contributed by atoms with Gasteiger partial charge in [-0.3, -0.25) is 4.99 Å². The Morgan fingerprint density at radius 3 is 1.26 bits per heavy atom. The van der Waals surface area contributed by atoms with Crippen molar-refractivity contribution in [3.63, 3.8) is 0 Å². The number of aliphatic imine (C=N–C) groups is 1. The molecule has 0 unspecified atom stereocenters. The molecule has 0 spiro atoms. The zero-order valence-corrected chi connectivity index (χ0v) is 22.8. The summed E-state index contributed by atoms with van der Waals surface area (Å²) < 4.78 is 25.4. The Morgan fingerprint density at radius 1 is 0.806 bits per heavy atom. The van der Waals surface area contributed by atoms with Crippen molar-refractivity contribution in [2.24, 2.45) is 4.99 Å². The first-order chi connectivity index (χ1) is 14.6. The molecule has 1 aliphatic carbocycles. The van der Waals surface area contributed by atoms with Crippen LogP contribution in [0.5, 0.6) is 0 Å². The number of hydrogen-bond acceptors (Lipinski definition) is 2. The van der Waals surface area contributed by atoms with Crippen molar-refractivity contribution in [1.29, 1.82) is 0 Å². The Bertz CT molecular complexity index is 505. The van der Waals surface area contributed by atoms with Gasteiger partial charge in [-0.25, -0.2) is 0 Å². The molecular weight excluding hydrogens is 390 g/mol. The predicted octanol–water partition coefficient (Wildman–Crippen LogP) is 9.26. The summed E-state index contributed by atoms with van der Waals surface area (Å²) in [4.78, 5) is 6.35. The first kappa shape index (κ1) is 36.8. The summed E-state index contributed by atoms with van der Waals surface area (Å²) in [6.45, 7) is 25.9. The fourth-order valence-electron chi connectivity index (χ4n) is 1.97. The molecule has 2 nitrogen and oxygen atoms in total. The lowest BCUT2D eigenvalue weighted by Crippen LogP contribution is -2.25. The van der Waals surface area contributed by atoms with Crippen molar-refractivity contribution in [1.82, 2.24) is 4.90 Å². The van der Waals surface area contributed by atoms with Crippen LogP contribution in [0.15, 0.2) is 45.7 Å². The average Bonchev–Trinajstić information content (AvgIpc) is 2.85. The van der Waals surface area contributed by atoms with Crippen LogP contribution in [0, 0.1) is 0 Å². The normalized spacial score (nSPS) is 11.7. The summed E-state index contributed by atoms with van der Waals surface area (Å²) in [6, 6.07) is 0. The summed E-state index contributed by atoms with van der Waals surface area (Å²) in [5.41, 5.74) is 3.93. The van der Waals surface area contributed by atoms with Crippen LogP contribution in [0.4, 0.5) is 8.78 Å². The van der Waals surface area contributed by atoms with E-state index in [2.05, 4.69) is 44.5 Å². The third-order valence-corrected chi connectivity index (χ3v) is 3.56. The van der Waals surface area contributed by atoms with Gasteiger partial charge in [-0.1, -0.05) is 67.0 Å². The molecule has 1 rings (SSSR count). The summed E-state index contributed by atoms with van der Waals surface area (Å²) in [5.74, 6) is -1.26. The molecule has 0 amide bonds. The monoisotopic (exact) mass is 442 g/mol. The smallest absolute Gasteiger partial charge is 0.171 e. The van der Waals surface area contributed by atoms with E-state index >= 15 is 0 Å². The van der Waals surface area contributed by atoms with Crippen molar-refractivity contribution in [3.05, 3.63) is 40.7 Å². The Hall–Kier alpha value is -1.51. The van der Waals surface area contributed by atoms with Gasteiger partial charge in [-0.15, -0.1) is 0 Å². The van der Waals surface area contributed by atoms with Crippen molar-refractivity contribution < 1.29 is 8.78 Å². The molecule has 0 radical (unpaired) electrons. The minimum Gasteiger partial charge on any atom is -0.303 e. The lowest BCUT2D eigenvalue weighted by Gasteiger charge is -2.19. The van der Waals surface area contributed by atoms with E-state index in [0.29, 0.717) is 11.1 Å². The number of nitrogens with zero attached hydrogens (tertiary/aromatic N) is 2. The molecule has 184 valence electrons. The Balaban J connectivity index is -0.000000167. The van der Waals surface area contributed by atoms with Gasteiger partial charge in [0, 0.05) is 12.8 Å². The van der Waals surface area contributed by atoms with E-state index in [4.69, 9.17) is 0 Å². The van der Waals surface area contributed by atoms with Gasteiger partial charge < -0.3 is 4.90 Å². The van der Waals surface area contributed by atoms with Crippen LogP contribution in [0.3, 0.4) is 0 Å². The van der Waals surface area contributed by atoms with Crippen LogP contribution < -0.4 is 0 Å². The van der Waals surface area contributed by atoms with Crippen LogP contribution >= 0.6 is 0 Å². The van der Waals surface area contributed by atoms with Crippen molar-refractivity contribution in [3.8, 4) is 0 Å². The van der Waals surface area contributed by atoms with Crippen LogP contribution in [-0.2, 0) is 0 Å². The molecule has 0 N–H and O–H groups in total.